The maximum Gasteiger partial charge on any atom is 0.330 e. The van der Waals surface area contributed by atoms with Gasteiger partial charge in [0.05, 0.1) is 54.6 Å². The fraction of sp³-hybridized carbons (Fsp3) is 0.464. The number of nitrogens with one attached hydrogen (secondary N) is 5. The van der Waals surface area contributed by atoms with Gasteiger partial charge in [-0.3, -0.25) is 19.1 Å². The van der Waals surface area contributed by atoms with E-state index in [-0.39, 0.29) is 50.2 Å². The van der Waals surface area contributed by atoms with E-state index >= 15 is 0 Å². The zero-order chi connectivity index (χ0) is 67.1. The molecule has 23 nitrogen and oxygen atoms in total. The molecule has 6 atom stereocenters. The Morgan fingerprint density at radius 2 is 1.30 bits per heavy atom. The number of rotatable bonds is 17. The van der Waals surface area contributed by atoms with Crippen molar-refractivity contribution in [2.45, 2.75) is 139 Å². The standard InChI is InChI=1S/C37H48N6O7S2.C32H36N4O6/c1-22(2)28-21-51-33(39-28)27-19-30(25-12-13-29(49-6)23(3)31(25)38-27)50-18-14-26-32(44)41-37(34(45)42-52(47,48)36(4)15-16-36)20-24(37)11-9-7-8-10-17-43(5)35(46)40-26;1-36-16-9-4-3-8-12-22-20-32(22,30(38)39)35-29(37)25(34-31(36)40)15-17-42-28-19-26(21-10-6-5-7-11-21)33-27-18-23(41-2)13-14-24(27)28/h9,11-13,19,21-22,24,26H,7-8,10,14-18,20H2,1-6H3,(H,40,46)(H,41,44)(H,42,45);5-8,10-14,18-19,22,25H,3-4,9,15-17,20H2,1-2H3,(H,34,40)(H,35,37)(H,38,39)/b11-9-;12-8-/t24-,26+,37-;22-,25+,32-/m11/s1. The number of carbonyl (C=O) groups is 6. The van der Waals surface area contributed by atoms with Gasteiger partial charge in [-0.2, -0.15) is 0 Å². The molecule has 3 saturated carbocycles. The molecule has 6 N–H and O–H groups in total. The zero-order valence-electron chi connectivity index (χ0n) is 54.4. The number of methoxy groups -OCH3 is 2. The molecule has 5 heterocycles. The number of allylic oxidation sites excluding steroid dienone is 2. The van der Waals surface area contributed by atoms with Crippen LogP contribution in [0.2, 0.25) is 0 Å². The summed E-state index contributed by atoms with van der Waals surface area (Å²) in [5.74, 6) is -0.983. The van der Waals surface area contributed by atoms with Crippen LogP contribution in [-0.2, 0) is 29.2 Å². The maximum atomic E-state index is 14.0. The van der Waals surface area contributed by atoms with Gasteiger partial charge in [-0.15, -0.1) is 11.3 Å². The topological polar surface area (TPSA) is 299 Å². The summed E-state index contributed by atoms with van der Waals surface area (Å²) in [4.78, 5) is 97.2. The van der Waals surface area contributed by atoms with Gasteiger partial charge in [0.1, 0.15) is 56.9 Å². The number of nitrogens with zero attached hydrogens (tertiary/aromatic N) is 5. The number of fused-ring (bicyclic) bond motifs is 4. The largest absolute Gasteiger partial charge is 0.497 e. The van der Waals surface area contributed by atoms with Crippen LogP contribution in [0.3, 0.4) is 0 Å². The third kappa shape index (κ3) is 15.4. The summed E-state index contributed by atoms with van der Waals surface area (Å²) in [5.41, 5.74) is 2.63. The van der Waals surface area contributed by atoms with E-state index in [4.69, 9.17) is 33.9 Å². The Hall–Kier alpha value is -8.84. The fourth-order valence-electron chi connectivity index (χ4n) is 11.6. The van der Waals surface area contributed by atoms with Gasteiger partial charge in [-0.1, -0.05) is 68.5 Å². The van der Waals surface area contributed by atoms with Crippen LogP contribution in [0.5, 0.6) is 23.0 Å². The summed E-state index contributed by atoms with van der Waals surface area (Å²) in [6.07, 6.45) is 14.1. The number of carboxylic acid groups (broad SMARTS) is 1. The molecule has 3 aliphatic carbocycles. The Morgan fingerprint density at radius 3 is 1.87 bits per heavy atom. The summed E-state index contributed by atoms with van der Waals surface area (Å²) in [5, 5.41) is 25.4. The lowest BCUT2D eigenvalue weighted by Crippen LogP contribution is -2.58. The number of ether oxygens (including phenoxy) is 4. The van der Waals surface area contributed by atoms with E-state index in [1.54, 1.807) is 40.1 Å². The lowest BCUT2D eigenvalue weighted by atomic mass is 10.1. The summed E-state index contributed by atoms with van der Waals surface area (Å²) in [6, 6.07) is 19.7. The number of thiazole rings is 1. The molecule has 0 spiro atoms. The van der Waals surface area contributed by atoms with Gasteiger partial charge in [0.25, 0.3) is 5.91 Å². The van der Waals surface area contributed by atoms with Crippen molar-refractivity contribution in [2.24, 2.45) is 11.8 Å². The summed E-state index contributed by atoms with van der Waals surface area (Å²) in [6.45, 7) is 8.85. The SMILES string of the molecule is COc1ccc2c(OCC[C@@H]3NC(=O)N(C)CCCC/C=C\[C@@H]4C[C@@]4(C(=O)NS(=O)(=O)C4(C)CC4)NC3=O)cc(-c3nc(C(C)C)cs3)nc2c1C.COc1ccc2c(OCC[C@@H]3NC(=O)N(C)CCCC/C=C\[C@@H]4C[C@@]4(C(=O)O)NC3=O)cc(-c3ccccc3)nc2c1. The number of aryl methyl sites for hydroxylation is 1. The average Bonchev–Trinajstić information content (AvgIpc) is 1.57. The first-order chi connectivity index (χ1) is 45.0. The number of hydrogen-bond donors (Lipinski definition) is 6. The summed E-state index contributed by atoms with van der Waals surface area (Å²) >= 11 is 1.50. The van der Waals surface area contributed by atoms with Gasteiger partial charge in [0.15, 0.2) is 0 Å². The minimum atomic E-state index is -3.94. The van der Waals surface area contributed by atoms with Crippen LogP contribution in [0, 0.1) is 18.8 Å². The van der Waals surface area contributed by atoms with Gasteiger partial charge in [-0.25, -0.2) is 37.8 Å². The van der Waals surface area contributed by atoms with Gasteiger partial charge < -0.3 is 55.1 Å². The molecule has 2 aliphatic heterocycles. The molecule has 0 unspecified atom stereocenters. The number of aromatic nitrogens is 3. The van der Waals surface area contributed by atoms with E-state index in [1.165, 1.54) is 16.2 Å². The van der Waals surface area contributed by atoms with Crippen molar-refractivity contribution >= 4 is 78.9 Å². The first kappa shape index (κ1) is 68.0. The third-order valence-electron chi connectivity index (χ3n) is 18.3. The molecule has 11 rings (SSSR count). The number of urea groups is 2. The Labute approximate surface area is 551 Å². The van der Waals surface area contributed by atoms with Crippen molar-refractivity contribution in [3.8, 4) is 45.0 Å². The highest BCUT2D eigenvalue weighted by Crippen LogP contribution is 2.48. The fourth-order valence-corrected chi connectivity index (χ4v) is 13.8. The number of pyridine rings is 2. The van der Waals surface area contributed by atoms with Gasteiger partial charge in [0.2, 0.25) is 21.8 Å². The molecular formula is C69H84N10O13S2. The molecule has 0 radical (unpaired) electrons. The second-order valence-corrected chi connectivity index (χ2v) is 28.5. The molecule has 25 heteroatoms. The Morgan fingerprint density at radius 1 is 0.723 bits per heavy atom. The molecule has 3 fully saturated rings. The summed E-state index contributed by atoms with van der Waals surface area (Å²) in [7, 11) is 2.61. The van der Waals surface area contributed by atoms with E-state index in [9.17, 15) is 42.3 Å². The highest BCUT2D eigenvalue weighted by atomic mass is 32.2. The first-order valence-electron chi connectivity index (χ1n) is 32.0. The molecule has 0 bridgehead atoms. The van der Waals surface area contributed by atoms with E-state index in [0.717, 1.165) is 71.1 Å². The third-order valence-corrected chi connectivity index (χ3v) is 21.3. The van der Waals surface area contributed by atoms with Crippen LogP contribution < -0.4 is 44.9 Å². The number of benzene rings is 3. The molecule has 7 amide bonds. The normalized spacial score (nSPS) is 23.8. The van der Waals surface area contributed by atoms with Crippen molar-refractivity contribution in [2.75, 3.05) is 54.6 Å². The molecule has 0 saturated heterocycles. The minimum absolute atomic E-state index is 0.0239. The first-order valence-corrected chi connectivity index (χ1v) is 34.4. The monoisotopic (exact) mass is 1320 g/mol. The number of carboxylic acids is 1. The number of carbonyl (C=O) groups excluding carboxylic acids is 5. The molecule has 500 valence electrons. The Balaban J connectivity index is 0.000000210. The second kappa shape index (κ2) is 28.8. The van der Waals surface area contributed by atoms with Crippen molar-refractivity contribution in [3.63, 3.8) is 0 Å². The van der Waals surface area contributed by atoms with Crippen LogP contribution in [0.25, 0.3) is 43.8 Å². The molecule has 5 aliphatic rings. The quantitative estimate of drug-likeness (QED) is 0.0463. The van der Waals surface area contributed by atoms with E-state index in [2.05, 4.69) is 39.8 Å². The predicted molar refractivity (Wildman–Crippen MR) is 358 cm³/mol. The number of aliphatic carboxylic acids is 1. The van der Waals surface area contributed by atoms with Crippen molar-refractivity contribution in [1.82, 2.24) is 50.7 Å². The van der Waals surface area contributed by atoms with Crippen LogP contribution in [0.1, 0.15) is 115 Å². The second-order valence-electron chi connectivity index (χ2n) is 25.5. The lowest BCUT2D eigenvalue weighted by molar-refractivity contribution is -0.143. The van der Waals surface area contributed by atoms with Crippen LogP contribution in [0.4, 0.5) is 9.59 Å². The van der Waals surface area contributed by atoms with Crippen molar-refractivity contribution < 1.29 is 61.2 Å². The minimum Gasteiger partial charge on any atom is -0.497 e. The molecule has 94 heavy (non-hydrogen) atoms. The highest BCUT2D eigenvalue weighted by Gasteiger charge is 2.63. The molecular weight excluding hydrogens is 1240 g/mol. The molecule has 3 aromatic heterocycles. The zero-order valence-corrected chi connectivity index (χ0v) is 56.0. The van der Waals surface area contributed by atoms with Gasteiger partial charge in [-0.05, 0) is 108 Å². The highest BCUT2D eigenvalue weighted by molar-refractivity contribution is 7.91. The van der Waals surface area contributed by atoms with Crippen LogP contribution in [0.15, 0.2) is 102 Å². The summed E-state index contributed by atoms with van der Waals surface area (Å²) < 4.78 is 50.9. The number of amides is 7. The van der Waals surface area contributed by atoms with Crippen LogP contribution in [-0.4, -0.2) is 157 Å². The Kier molecular flexibility index (Phi) is 20.8. The number of sulfonamides is 1. The van der Waals surface area contributed by atoms with E-state index in [1.807, 2.05) is 109 Å². The predicted octanol–water partition coefficient (Wildman–Crippen LogP) is 9.58. The van der Waals surface area contributed by atoms with Gasteiger partial charge in [0, 0.05) is 97.3 Å². The van der Waals surface area contributed by atoms with Crippen molar-refractivity contribution in [3.05, 3.63) is 114 Å². The maximum absolute atomic E-state index is 14.0. The smallest absolute Gasteiger partial charge is 0.330 e. The molecule has 3 aromatic carbocycles. The number of hydrogen-bond acceptors (Lipinski definition) is 16. The van der Waals surface area contributed by atoms with Crippen LogP contribution >= 0.6 is 11.3 Å². The lowest BCUT2D eigenvalue weighted by Gasteiger charge is -2.26. The Bertz CT molecular complexity index is 4010. The van der Waals surface area contributed by atoms with Crippen molar-refractivity contribution in [1.29, 1.82) is 0 Å². The molecule has 6 aromatic rings. The average molecular weight is 1330 g/mol. The van der Waals surface area contributed by atoms with Gasteiger partial charge >= 0.3 is 18.0 Å². The van der Waals surface area contributed by atoms with E-state index in [0.29, 0.717) is 77.8 Å². The van der Waals surface area contributed by atoms with E-state index < -0.39 is 73.7 Å².